The second kappa shape index (κ2) is 12.0. The molecule has 3 rings (SSSR count). The van der Waals surface area contributed by atoms with Crippen molar-refractivity contribution in [3.05, 3.63) is 30.3 Å². The van der Waals surface area contributed by atoms with Gasteiger partial charge in [0.15, 0.2) is 0 Å². The summed E-state index contributed by atoms with van der Waals surface area (Å²) in [5.41, 5.74) is -1.22. The van der Waals surface area contributed by atoms with Crippen molar-refractivity contribution in [1.82, 2.24) is 10.2 Å². The first-order valence-electron chi connectivity index (χ1n) is 12.8. The van der Waals surface area contributed by atoms with E-state index in [0.29, 0.717) is 25.3 Å². The predicted molar refractivity (Wildman–Crippen MR) is 132 cm³/mol. The van der Waals surface area contributed by atoms with Crippen LogP contribution in [0.1, 0.15) is 64.7 Å². The van der Waals surface area contributed by atoms with Crippen molar-refractivity contribution in [2.24, 2.45) is 17.3 Å². The van der Waals surface area contributed by atoms with Crippen LogP contribution in [0.2, 0.25) is 0 Å². The highest BCUT2D eigenvalue weighted by molar-refractivity contribution is 5.73. The minimum absolute atomic E-state index is 0.0834. The topological polar surface area (TPSA) is 88.1 Å². The molecule has 4 unspecified atom stereocenters. The van der Waals surface area contributed by atoms with Gasteiger partial charge in [0.05, 0.1) is 18.6 Å². The first-order valence-corrected chi connectivity index (χ1v) is 12.8. The number of alkyl carbamates (subject to hydrolysis) is 1. The molecule has 7 heteroatoms. The fourth-order valence-electron chi connectivity index (χ4n) is 6.15. The van der Waals surface area contributed by atoms with Crippen LogP contribution in [0.5, 0.6) is 5.75 Å². The van der Waals surface area contributed by atoms with E-state index in [0.717, 1.165) is 51.5 Å². The molecular weight excluding hydrogens is 432 g/mol. The van der Waals surface area contributed by atoms with Gasteiger partial charge >= 0.3 is 12.1 Å². The van der Waals surface area contributed by atoms with Gasteiger partial charge in [-0.2, -0.15) is 0 Å². The van der Waals surface area contributed by atoms with Gasteiger partial charge in [0, 0.05) is 19.0 Å². The summed E-state index contributed by atoms with van der Waals surface area (Å²) in [7, 11) is 4.12. The van der Waals surface area contributed by atoms with Crippen LogP contribution in [-0.2, 0) is 9.53 Å². The Kier molecular flexibility index (Phi) is 9.37. The minimum atomic E-state index is -0.749. The Balaban J connectivity index is 1.79. The first-order chi connectivity index (χ1) is 16.3. The highest BCUT2D eigenvalue weighted by atomic mass is 16.5. The molecule has 0 radical (unpaired) electrons. The molecule has 1 aromatic carbocycles. The monoisotopic (exact) mass is 474 g/mol. The average molecular weight is 475 g/mol. The van der Waals surface area contributed by atoms with E-state index in [9.17, 15) is 14.7 Å². The van der Waals surface area contributed by atoms with Gasteiger partial charge in [-0.15, -0.1) is 0 Å². The highest BCUT2D eigenvalue weighted by Gasteiger charge is 2.50. The number of hydrogen-bond acceptors (Lipinski definition) is 6. The first kappa shape index (κ1) is 26.5. The molecule has 1 aromatic rings. The largest absolute Gasteiger partial charge is 0.450 e. The third-order valence-corrected chi connectivity index (χ3v) is 7.70. The second-order valence-corrected chi connectivity index (χ2v) is 10.5. The Labute approximate surface area is 204 Å². The van der Waals surface area contributed by atoms with E-state index < -0.39 is 17.1 Å². The van der Waals surface area contributed by atoms with Crippen LogP contribution < -0.4 is 10.1 Å². The Bertz CT molecular complexity index is 801. The molecule has 2 saturated carbocycles. The Hall–Kier alpha value is -2.12. The van der Waals surface area contributed by atoms with Crippen molar-refractivity contribution < 1.29 is 24.2 Å². The quantitative estimate of drug-likeness (QED) is 0.408. The van der Waals surface area contributed by atoms with Gasteiger partial charge in [0.25, 0.3) is 0 Å². The number of carbonyl (C=O) groups is 2. The van der Waals surface area contributed by atoms with Crippen LogP contribution in [0.25, 0.3) is 0 Å². The van der Waals surface area contributed by atoms with Gasteiger partial charge in [-0.1, -0.05) is 37.5 Å². The summed E-state index contributed by atoms with van der Waals surface area (Å²) in [5, 5.41) is 14.9. The Morgan fingerprint density at radius 3 is 2.59 bits per heavy atom. The van der Waals surface area contributed by atoms with E-state index in [4.69, 9.17) is 9.47 Å². The van der Waals surface area contributed by atoms with Crippen molar-refractivity contribution in [1.29, 1.82) is 0 Å². The number of aliphatic hydroxyl groups is 1. The molecule has 7 nitrogen and oxygen atoms in total. The molecule has 190 valence electrons. The molecule has 34 heavy (non-hydrogen) atoms. The number of hydrogen-bond donors (Lipinski definition) is 2. The summed E-state index contributed by atoms with van der Waals surface area (Å²) in [4.78, 5) is 27.3. The molecule has 0 saturated heterocycles. The van der Waals surface area contributed by atoms with E-state index in [1.807, 2.05) is 18.2 Å². The fourth-order valence-corrected chi connectivity index (χ4v) is 6.15. The summed E-state index contributed by atoms with van der Waals surface area (Å²) in [6, 6.07) is 9.08. The third kappa shape index (κ3) is 6.95. The van der Waals surface area contributed by atoms with E-state index in [-0.39, 0.29) is 24.2 Å². The third-order valence-electron chi connectivity index (χ3n) is 7.70. The van der Waals surface area contributed by atoms with Gasteiger partial charge in [-0.3, -0.25) is 4.79 Å². The maximum Gasteiger partial charge on any atom is 0.407 e. The van der Waals surface area contributed by atoms with Crippen LogP contribution in [0.15, 0.2) is 30.3 Å². The maximum atomic E-state index is 13.0. The molecule has 0 spiro atoms. The summed E-state index contributed by atoms with van der Waals surface area (Å²) >= 11 is 0. The number of nitrogens with one attached hydrogen (secondary N) is 1. The number of amides is 1. The predicted octanol–water partition coefficient (Wildman–Crippen LogP) is 4.39. The van der Waals surface area contributed by atoms with Gasteiger partial charge in [0.2, 0.25) is 0 Å². The summed E-state index contributed by atoms with van der Waals surface area (Å²) in [6.45, 7) is 3.26. The molecule has 1 amide bonds. The number of rotatable bonds is 9. The van der Waals surface area contributed by atoms with Crippen LogP contribution in [0, 0.1) is 17.3 Å². The molecule has 2 N–H and O–H groups in total. The molecular formula is C27H42N2O5. The van der Waals surface area contributed by atoms with Crippen molar-refractivity contribution in [2.75, 3.05) is 33.8 Å². The molecule has 0 bridgehead atoms. The van der Waals surface area contributed by atoms with Crippen LogP contribution in [-0.4, -0.2) is 61.5 Å². The molecule has 4 atom stereocenters. The summed E-state index contributed by atoms with van der Waals surface area (Å²) < 4.78 is 10.7. The lowest BCUT2D eigenvalue weighted by Gasteiger charge is -2.51. The standard InChI is InChI=1S/C27H42N2O5/c1-4-33-25(31)28-20-26(18-24(30)34-23-13-6-5-7-14-23)15-10-12-21(17-26)27(32)16-9-8-11-22(27)19-29(2)3/h5-7,13-14,21-22,32H,4,8-12,15-20H2,1-3H3,(H,28,31). The number of esters is 1. The van der Waals surface area contributed by atoms with Gasteiger partial charge < -0.3 is 24.8 Å². The van der Waals surface area contributed by atoms with Crippen LogP contribution in [0.4, 0.5) is 4.79 Å². The minimum Gasteiger partial charge on any atom is -0.450 e. The zero-order valence-electron chi connectivity index (χ0n) is 21.1. The second-order valence-electron chi connectivity index (χ2n) is 10.5. The lowest BCUT2D eigenvalue weighted by Crippen LogP contribution is -2.54. The van der Waals surface area contributed by atoms with E-state index in [1.54, 1.807) is 19.1 Å². The van der Waals surface area contributed by atoms with Crippen LogP contribution >= 0.6 is 0 Å². The van der Waals surface area contributed by atoms with Gasteiger partial charge in [-0.25, -0.2) is 4.79 Å². The van der Waals surface area contributed by atoms with Crippen molar-refractivity contribution >= 4 is 12.1 Å². The van der Waals surface area contributed by atoms with Gasteiger partial charge in [0.1, 0.15) is 5.75 Å². The van der Waals surface area contributed by atoms with Crippen molar-refractivity contribution in [3.8, 4) is 5.75 Å². The number of ether oxygens (including phenoxy) is 2. The van der Waals surface area contributed by atoms with Crippen LogP contribution in [0.3, 0.4) is 0 Å². The fraction of sp³-hybridized carbons (Fsp3) is 0.704. The lowest BCUT2D eigenvalue weighted by atomic mass is 9.58. The van der Waals surface area contributed by atoms with Crippen molar-refractivity contribution in [2.45, 2.75) is 70.3 Å². The van der Waals surface area contributed by atoms with Crippen molar-refractivity contribution in [3.63, 3.8) is 0 Å². The van der Waals surface area contributed by atoms with E-state index in [1.165, 1.54) is 0 Å². The van der Waals surface area contributed by atoms with Gasteiger partial charge in [-0.05, 0) is 76.6 Å². The average Bonchev–Trinajstić information content (AvgIpc) is 2.80. The zero-order valence-corrected chi connectivity index (χ0v) is 21.1. The molecule has 2 fully saturated rings. The Morgan fingerprint density at radius 1 is 1.12 bits per heavy atom. The number of benzene rings is 1. The summed E-state index contributed by atoms with van der Waals surface area (Å²) in [5.74, 6) is 0.509. The molecule has 0 aromatic heterocycles. The smallest absolute Gasteiger partial charge is 0.407 e. The lowest BCUT2D eigenvalue weighted by molar-refractivity contribution is -0.143. The Morgan fingerprint density at radius 2 is 1.88 bits per heavy atom. The number of para-hydroxylation sites is 1. The molecule has 0 aliphatic heterocycles. The van der Waals surface area contributed by atoms with E-state index in [2.05, 4.69) is 24.3 Å². The SMILES string of the molecule is CCOC(=O)NCC1(CC(=O)Oc2ccccc2)CCCC(C2(O)CCCCC2CN(C)C)C1. The molecule has 2 aliphatic carbocycles. The summed E-state index contributed by atoms with van der Waals surface area (Å²) in [6.07, 6.45) is 7.05. The number of nitrogens with zero attached hydrogens (tertiary/aromatic N) is 1. The molecule has 0 heterocycles. The normalized spacial score (nSPS) is 29.4. The zero-order chi connectivity index (χ0) is 24.6. The maximum absolute atomic E-state index is 13.0. The number of carbonyl (C=O) groups excluding carboxylic acids is 2. The van der Waals surface area contributed by atoms with E-state index >= 15 is 0 Å². The molecule has 2 aliphatic rings. The highest BCUT2D eigenvalue weighted by Crippen LogP contribution is 2.51.